The Bertz CT molecular complexity index is 557. The van der Waals surface area contributed by atoms with Crippen molar-refractivity contribution in [3.05, 3.63) is 29.8 Å². The van der Waals surface area contributed by atoms with Crippen molar-refractivity contribution in [2.75, 3.05) is 53.1 Å². The predicted molar refractivity (Wildman–Crippen MR) is 97.1 cm³/mol. The number of benzene rings is 1. The van der Waals surface area contributed by atoms with E-state index in [4.69, 9.17) is 14.6 Å². The maximum Gasteiger partial charge on any atom is 0.118 e. The lowest BCUT2D eigenvalue weighted by Crippen LogP contribution is -2.60. The maximum absolute atomic E-state index is 8.91. The zero-order chi connectivity index (χ0) is 17.2. The van der Waals surface area contributed by atoms with Crippen LogP contribution in [0.3, 0.4) is 0 Å². The molecule has 0 amide bonds. The van der Waals surface area contributed by atoms with Crippen LogP contribution in [0.1, 0.15) is 24.3 Å². The molecule has 4 fully saturated rings. The normalized spacial score (nSPS) is 34.2. The summed E-state index contributed by atoms with van der Waals surface area (Å²) in [5.41, 5.74) is 1.43. The number of fused-ring (bicyclic) bond motifs is 2. The lowest BCUT2D eigenvalue weighted by atomic mass is 9.75. The van der Waals surface area contributed by atoms with Gasteiger partial charge in [0.05, 0.1) is 26.9 Å². The molecule has 25 heavy (non-hydrogen) atoms. The van der Waals surface area contributed by atoms with Crippen LogP contribution in [0.5, 0.6) is 5.75 Å². The first-order valence-corrected chi connectivity index (χ1v) is 9.62. The number of aliphatic hydroxyl groups is 1. The lowest BCUT2D eigenvalue weighted by molar-refractivity contribution is -0.0153. The van der Waals surface area contributed by atoms with E-state index < -0.39 is 0 Å². The molecule has 4 aliphatic heterocycles. The summed E-state index contributed by atoms with van der Waals surface area (Å²) in [6.45, 7) is 5.86. The first-order valence-electron chi connectivity index (χ1n) is 9.62. The Morgan fingerprint density at radius 2 is 1.84 bits per heavy atom. The van der Waals surface area contributed by atoms with Gasteiger partial charge in [-0.1, -0.05) is 12.1 Å². The van der Waals surface area contributed by atoms with Crippen LogP contribution in [0.4, 0.5) is 0 Å². The zero-order valence-electron chi connectivity index (χ0n) is 15.1. The molecule has 5 heteroatoms. The summed E-state index contributed by atoms with van der Waals surface area (Å²) >= 11 is 0. The molecule has 5 rings (SSSR count). The van der Waals surface area contributed by atoms with Crippen LogP contribution in [0.15, 0.2) is 24.3 Å². The molecule has 3 atom stereocenters. The van der Waals surface area contributed by atoms with Crippen LogP contribution >= 0.6 is 0 Å². The number of likely N-dealkylation sites (tertiary alicyclic amines) is 1. The predicted octanol–water partition coefficient (Wildman–Crippen LogP) is 1.57. The van der Waals surface area contributed by atoms with E-state index in [1.165, 1.54) is 31.5 Å². The van der Waals surface area contributed by atoms with E-state index in [1.807, 2.05) is 0 Å². The Hall–Kier alpha value is -1.14. The van der Waals surface area contributed by atoms with Crippen molar-refractivity contribution in [1.82, 2.24) is 9.80 Å². The minimum Gasteiger partial charge on any atom is -0.497 e. The molecule has 2 bridgehead atoms. The highest BCUT2D eigenvalue weighted by atomic mass is 16.5. The largest absolute Gasteiger partial charge is 0.497 e. The molecule has 0 saturated carbocycles. The number of methoxy groups -OCH3 is 1. The molecule has 0 aromatic heterocycles. The molecule has 0 radical (unpaired) electrons. The third-order valence-electron chi connectivity index (χ3n) is 6.40. The molecule has 0 aliphatic carbocycles. The second-order valence-electron chi connectivity index (χ2n) is 7.57. The molecular formula is C20H30N2O3. The molecule has 4 heterocycles. The number of rotatable bonds is 7. The van der Waals surface area contributed by atoms with Gasteiger partial charge in [0.1, 0.15) is 5.75 Å². The van der Waals surface area contributed by atoms with Crippen LogP contribution in [0.2, 0.25) is 0 Å². The van der Waals surface area contributed by atoms with Gasteiger partial charge in [0, 0.05) is 31.1 Å². The van der Waals surface area contributed by atoms with Crippen molar-refractivity contribution in [3.8, 4) is 5.75 Å². The molecule has 1 aromatic rings. The summed E-state index contributed by atoms with van der Waals surface area (Å²) in [5, 5.41) is 8.91. The fourth-order valence-electron chi connectivity index (χ4n) is 5.29. The van der Waals surface area contributed by atoms with Gasteiger partial charge in [-0.15, -0.1) is 0 Å². The smallest absolute Gasteiger partial charge is 0.118 e. The standard InChI is InChI=1S/C20H30N2O3/c1-24-17-4-2-15(3-5-17)18-14-22(10-12-25-13-11-23)19-16-6-8-21(9-7-16)20(18)19/h2-5,16,18-20,23H,6-14H2,1H3/t18-,19+,20+/m0/s1. The average molecular weight is 346 g/mol. The van der Waals surface area contributed by atoms with E-state index >= 15 is 0 Å². The molecule has 4 aliphatic rings. The van der Waals surface area contributed by atoms with Crippen molar-refractivity contribution in [2.45, 2.75) is 30.8 Å². The molecule has 5 nitrogen and oxygen atoms in total. The Morgan fingerprint density at radius 3 is 2.52 bits per heavy atom. The first-order chi connectivity index (χ1) is 12.3. The first kappa shape index (κ1) is 17.3. The summed E-state index contributed by atoms with van der Waals surface area (Å²) in [5.74, 6) is 2.32. The fourth-order valence-corrected chi connectivity index (χ4v) is 5.29. The number of ether oxygens (including phenoxy) is 2. The summed E-state index contributed by atoms with van der Waals surface area (Å²) in [4.78, 5) is 5.39. The Labute approximate surface area is 150 Å². The van der Waals surface area contributed by atoms with Crippen molar-refractivity contribution in [1.29, 1.82) is 0 Å². The zero-order valence-corrected chi connectivity index (χ0v) is 15.1. The van der Waals surface area contributed by atoms with E-state index in [2.05, 4.69) is 34.1 Å². The number of piperidine rings is 3. The molecule has 4 saturated heterocycles. The third-order valence-corrected chi connectivity index (χ3v) is 6.40. The van der Waals surface area contributed by atoms with E-state index in [0.717, 1.165) is 24.8 Å². The van der Waals surface area contributed by atoms with E-state index in [-0.39, 0.29) is 6.61 Å². The molecule has 0 unspecified atom stereocenters. The number of nitrogens with zero attached hydrogens (tertiary/aromatic N) is 2. The van der Waals surface area contributed by atoms with E-state index in [0.29, 0.717) is 31.2 Å². The summed E-state index contributed by atoms with van der Waals surface area (Å²) in [6.07, 6.45) is 2.68. The third kappa shape index (κ3) is 3.31. The van der Waals surface area contributed by atoms with Gasteiger partial charge in [-0.25, -0.2) is 0 Å². The van der Waals surface area contributed by atoms with Gasteiger partial charge in [0.15, 0.2) is 0 Å². The second-order valence-corrected chi connectivity index (χ2v) is 7.57. The van der Waals surface area contributed by atoms with Gasteiger partial charge in [0.25, 0.3) is 0 Å². The minimum atomic E-state index is 0.108. The summed E-state index contributed by atoms with van der Waals surface area (Å²) in [6, 6.07) is 9.97. The highest BCUT2D eigenvalue weighted by Crippen LogP contribution is 2.46. The van der Waals surface area contributed by atoms with Crippen LogP contribution in [0.25, 0.3) is 0 Å². The molecule has 1 aromatic carbocycles. The molecule has 138 valence electrons. The summed E-state index contributed by atoms with van der Waals surface area (Å²) in [7, 11) is 1.72. The molecular weight excluding hydrogens is 316 g/mol. The highest BCUT2D eigenvalue weighted by molar-refractivity contribution is 5.32. The van der Waals surface area contributed by atoms with Gasteiger partial charge in [-0.05, 0) is 49.5 Å². The van der Waals surface area contributed by atoms with Crippen LogP contribution in [0, 0.1) is 5.92 Å². The fraction of sp³-hybridized carbons (Fsp3) is 0.700. The van der Waals surface area contributed by atoms with Crippen LogP contribution in [-0.4, -0.2) is 80.1 Å². The second kappa shape index (κ2) is 7.62. The Balaban J connectivity index is 1.52. The Morgan fingerprint density at radius 1 is 1.08 bits per heavy atom. The van der Waals surface area contributed by atoms with Gasteiger partial charge >= 0.3 is 0 Å². The lowest BCUT2D eigenvalue weighted by Gasteiger charge is -2.51. The topological polar surface area (TPSA) is 45.2 Å². The van der Waals surface area contributed by atoms with Crippen molar-refractivity contribution in [3.63, 3.8) is 0 Å². The van der Waals surface area contributed by atoms with Gasteiger partial charge in [-0.3, -0.25) is 9.80 Å². The van der Waals surface area contributed by atoms with Crippen LogP contribution in [-0.2, 0) is 4.74 Å². The molecule has 0 spiro atoms. The van der Waals surface area contributed by atoms with Crippen LogP contribution < -0.4 is 4.74 Å². The number of hydrogen-bond donors (Lipinski definition) is 1. The van der Waals surface area contributed by atoms with Gasteiger partial charge < -0.3 is 14.6 Å². The summed E-state index contributed by atoms with van der Waals surface area (Å²) < 4.78 is 10.9. The van der Waals surface area contributed by atoms with Crippen molar-refractivity contribution < 1.29 is 14.6 Å². The Kier molecular flexibility index (Phi) is 5.27. The minimum absolute atomic E-state index is 0.108. The van der Waals surface area contributed by atoms with E-state index in [1.54, 1.807) is 7.11 Å². The molecule has 1 N–H and O–H groups in total. The number of aliphatic hydroxyl groups excluding tert-OH is 1. The average Bonchev–Trinajstić information content (AvgIpc) is 3.08. The number of hydrogen-bond acceptors (Lipinski definition) is 5. The van der Waals surface area contributed by atoms with Gasteiger partial charge in [0.2, 0.25) is 0 Å². The van der Waals surface area contributed by atoms with E-state index in [9.17, 15) is 0 Å². The SMILES string of the molecule is COc1ccc([C@@H]2CN(CCOCCO)[C@@H]3C4CCN(CC4)[C@@H]32)cc1. The van der Waals surface area contributed by atoms with Crippen molar-refractivity contribution in [2.24, 2.45) is 5.92 Å². The maximum atomic E-state index is 8.91. The monoisotopic (exact) mass is 346 g/mol. The van der Waals surface area contributed by atoms with Gasteiger partial charge in [-0.2, -0.15) is 0 Å². The quantitative estimate of drug-likeness (QED) is 0.759. The van der Waals surface area contributed by atoms with Crippen molar-refractivity contribution >= 4 is 0 Å². The highest BCUT2D eigenvalue weighted by Gasteiger charge is 2.52.